The van der Waals surface area contributed by atoms with Gasteiger partial charge in [-0.25, -0.2) is 13.2 Å². The minimum atomic E-state index is -3.58. The average molecular weight is 403 g/mol. The topological polar surface area (TPSA) is 89.5 Å². The van der Waals surface area contributed by atoms with E-state index in [1.165, 1.54) is 37.5 Å². The molecule has 1 N–H and O–H groups in total. The molecular weight excluding hydrogens is 386 g/mol. The van der Waals surface area contributed by atoms with Gasteiger partial charge in [0.2, 0.25) is 0 Å². The van der Waals surface area contributed by atoms with Crippen LogP contribution in [0.4, 0.5) is 5.69 Å². The van der Waals surface area contributed by atoms with Gasteiger partial charge in [0.05, 0.1) is 29.0 Å². The fraction of sp³-hybridized carbons (Fsp3) is 0.158. The van der Waals surface area contributed by atoms with Crippen molar-refractivity contribution in [3.63, 3.8) is 0 Å². The molecule has 3 aromatic rings. The maximum absolute atomic E-state index is 12.9. The summed E-state index contributed by atoms with van der Waals surface area (Å²) in [6.07, 6.45) is 0. The van der Waals surface area contributed by atoms with Crippen molar-refractivity contribution < 1.29 is 22.7 Å². The molecule has 8 heteroatoms. The third-order valence-electron chi connectivity index (χ3n) is 4.05. The molecule has 0 aliphatic carbocycles. The lowest BCUT2D eigenvalue weighted by Crippen LogP contribution is -2.18. The molecule has 1 amide bonds. The van der Waals surface area contributed by atoms with Crippen LogP contribution < -0.4 is 5.32 Å². The molecule has 0 aliphatic rings. The molecule has 6 nitrogen and oxygen atoms in total. The number of thiophene rings is 1. The van der Waals surface area contributed by atoms with Crippen LogP contribution in [0.5, 0.6) is 0 Å². The van der Waals surface area contributed by atoms with Crippen LogP contribution in [0.3, 0.4) is 0 Å². The van der Waals surface area contributed by atoms with Crippen LogP contribution in [0.1, 0.15) is 27.0 Å². The first kappa shape index (κ1) is 19.1. The van der Waals surface area contributed by atoms with E-state index in [9.17, 15) is 18.0 Å². The smallest absolute Gasteiger partial charge is 0.350 e. The second kappa shape index (κ2) is 7.50. The van der Waals surface area contributed by atoms with Crippen LogP contribution in [0.15, 0.2) is 53.4 Å². The van der Waals surface area contributed by atoms with Gasteiger partial charge in [0, 0.05) is 10.1 Å². The van der Waals surface area contributed by atoms with Gasteiger partial charge in [-0.3, -0.25) is 4.79 Å². The van der Waals surface area contributed by atoms with Crippen LogP contribution in [-0.2, 0) is 14.6 Å². The van der Waals surface area contributed by atoms with Crippen LogP contribution >= 0.6 is 11.3 Å². The van der Waals surface area contributed by atoms with Gasteiger partial charge in [-0.15, -0.1) is 11.3 Å². The number of amides is 1. The minimum absolute atomic E-state index is 0.0328. The van der Waals surface area contributed by atoms with E-state index in [1.54, 1.807) is 24.3 Å². The lowest BCUT2D eigenvalue weighted by atomic mass is 10.2. The summed E-state index contributed by atoms with van der Waals surface area (Å²) < 4.78 is 30.2. The third kappa shape index (κ3) is 3.58. The first-order valence-corrected chi connectivity index (χ1v) is 10.6. The number of rotatable bonds is 5. The SMILES string of the molecule is CCS(=O)(=O)c1ccccc1C(=O)Nc1c(C(=O)OC)sc2ccccc12. The number of hydrogen-bond donors (Lipinski definition) is 1. The van der Waals surface area contributed by atoms with E-state index in [0.717, 1.165) is 4.70 Å². The van der Waals surface area contributed by atoms with Crippen molar-refractivity contribution in [1.82, 2.24) is 0 Å². The zero-order chi connectivity index (χ0) is 19.6. The largest absolute Gasteiger partial charge is 0.465 e. The van der Waals surface area contributed by atoms with Gasteiger partial charge in [-0.1, -0.05) is 37.3 Å². The summed E-state index contributed by atoms with van der Waals surface area (Å²) in [5.41, 5.74) is 0.349. The molecule has 0 unspecified atom stereocenters. The molecule has 0 fully saturated rings. The minimum Gasteiger partial charge on any atom is -0.465 e. The molecule has 0 radical (unpaired) electrons. The number of benzene rings is 2. The van der Waals surface area contributed by atoms with Crippen molar-refractivity contribution in [2.45, 2.75) is 11.8 Å². The Bertz CT molecular complexity index is 1130. The molecule has 0 bridgehead atoms. The monoisotopic (exact) mass is 403 g/mol. The molecule has 0 saturated heterocycles. The van der Waals surface area contributed by atoms with Gasteiger partial charge >= 0.3 is 5.97 Å². The highest BCUT2D eigenvalue weighted by molar-refractivity contribution is 7.91. The fourth-order valence-electron chi connectivity index (χ4n) is 2.67. The van der Waals surface area contributed by atoms with Crippen LogP contribution in [0, 0.1) is 0 Å². The molecule has 0 saturated carbocycles. The van der Waals surface area contributed by atoms with E-state index in [4.69, 9.17) is 4.74 Å². The van der Waals surface area contributed by atoms with E-state index < -0.39 is 21.7 Å². The highest BCUT2D eigenvalue weighted by Crippen LogP contribution is 2.36. The number of ether oxygens (including phenoxy) is 1. The number of fused-ring (bicyclic) bond motifs is 1. The van der Waals surface area contributed by atoms with Crippen molar-refractivity contribution in [1.29, 1.82) is 0 Å². The molecule has 27 heavy (non-hydrogen) atoms. The number of hydrogen-bond acceptors (Lipinski definition) is 6. The third-order valence-corrected chi connectivity index (χ3v) is 6.99. The maximum atomic E-state index is 12.9. The van der Waals surface area contributed by atoms with Gasteiger partial charge in [-0.2, -0.15) is 0 Å². The van der Waals surface area contributed by atoms with Gasteiger partial charge < -0.3 is 10.1 Å². The van der Waals surface area contributed by atoms with Crippen molar-refractivity contribution in [2.24, 2.45) is 0 Å². The Labute approximate surface area is 160 Å². The molecule has 0 atom stereocenters. The van der Waals surface area contributed by atoms with Crippen LogP contribution in [0.2, 0.25) is 0 Å². The molecule has 3 rings (SSSR count). The predicted molar refractivity (Wildman–Crippen MR) is 105 cm³/mol. The number of sulfone groups is 1. The number of anilines is 1. The summed E-state index contributed by atoms with van der Waals surface area (Å²) >= 11 is 1.20. The van der Waals surface area contributed by atoms with Gasteiger partial charge in [0.15, 0.2) is 9.84 Å². The zero-order valence-corrected chi connectivity index (χ0v) is 16.3. The predicted octanol–water partition coefficient (Wildman–Crippen LogP) is 3.73. The Morgan fingerprint density at radius 1 is 1.07 bits per heavy atom. The fourth-order valence-corrected chi connectivity index (χ4v) is 4.84. The van der Waals surface area contributed by atoms with Crippen molar-refractivity contribution in [2.75, 3.05) is 18.2 Å². The Morgan fingerprint density at radius 2 is 1.74 bits per heavy atom. The van der Waals surface area contributed by atoms with E-state index >= 15 is 0 Å². The summed E-state index contributed by atoms with van der Waals surface area (Å²) in [7, 11) is -2.31. The van der Waals surface area contributed by atoms with Crippen molar-refractivity contribution >= 4 is 48.8 Å². The summed E-state index contributed by atoms with van der Waals surface area (Å²) in [5.74, 6) is -1.29. The lowest BCUT2D eigenvalue weighted by molar-refractivity contribution is 0.0607. The standard InChI is InChI=1S/C19H17NO5S2/c1-3-27(23,24)15-11-7-5-9-13(15)18(21)20-16-12-8-4-6-10-14(12)26-17(16)19(22)25-2/h4-11H,3H2,1-2H3,(H,20,21). The van der Waals surface area contributed by atoms with Gasteiger partial charge in [0.25, 0.3) is 5.91 Å². The number of methoxy groups -OCH3 is 1. The Kier molecular flexibility index (Phi) is 5.29. The van der Waals surface area contributed by atoms with Crippen molar-refractivity contribution in [3.05, 3.63) is 59.0 Å². The first-order valence-electron chi connectivity index (χ1n) is 8.12. The zero-order valence-electron chi connectivity index (χ0n) is 14.7. The molecule has 140 valence electrons. The van der Waals surface area contributed by atoms with Gasteiger partial charge in [-0.05, 0) is 18.2 Å². The number of carbonyl (C=O) groups excluding carboxylic acids is 2. The summed E-state index contributed by atoms with van der Waals surface area (Å²) in [6, 6.07) is 13.2. The summed E-state index contributed by atoms with van der Waals surface area (Å²) in [5, 5.41) is 3.39. The van der Waals surface area contributed by atoms with E-state index in [0.29, 0.717) is 11.1 Å². The second-order valence-corrected chi connectivity index (χ2v) is 8.95. The summed E-state index contributed by atoms with van der Waals surface area (Å²) in [6.45, 7) is 1.52. The van der Waals surface area contributed by atoms with Crippen LogP contribution in [0.25, 0.3) is 10.1 Å². The number of nitrogens with one attached hydrogen (secondary N) is 1. The Morgan fingerprint density at radius 3 is 2.44 bits per heavy atom. The van der Waals surface area contributed by atoms with Crippen LogP contribution in [-0.4, -0.2) is 33.2 Å². The molecular formula is C19H17NO5S2. The number of esters is 1. The molecule has 2 aromatic carbocycles. The second-order valence-electron chi connectivity index (χ2n) is 5.65. The first-order chi connectivity index (χ1) is 12.9. The van der Waals surface area contributed by atoms with E-state index in [2.05, 4.69) is 5.32 Å². The summed E-state index contributed by atoms with van der Waals surface area (Å²) in [4.78, 5) is 25.2. The molecule has 0 spiro atoms. The van der Waals surface area contributed by atoms with E-state index in [1.807, 2.05) is 12.1 Å². The quantitative estimate of drug-likeness (QED) is 0.656. The maximum Gasteiger partial charge on any atom is 0.350 e. The highest BCUT2D eigenvalue weighted by atomic mass is 32.2. The molecule has 1 heterocycles. The van der Waals surface area contributed by atoms with Gasteiger partial charge in [0.1, 0.15) is 4.88 Å². The average Bonchev–Trinajstić information content (AvgIpc) is 3.06. The normalized spacial score (nSPS) is 11.3. The van der Waals surface area contributed by atoms with E-state index in [-0.39, 0.29) is 21.1 Å². The Balaban J connectivity index is 2.10. The highest BCUT2D eigenvalue weighted by Gasteiger charge is 2.24. The lowest BCUT2D eigenvalue weighted by Gasteiger charge is -2.10. The molecule has 0 aliphatic heterocycles. The van der Waals surface area contributed by atoms with Crippen molar-refractivity contribution in [3.8, 4) is 0 Å². The molecule has 1 aromatic heterocycles. The Hall–Kier alpha value is -2.71. The number of carbonyl (C=O) groups is 2.